The van der Waals surface area contributed by atoms with Crippen molar-refractivity contribution in [3.8, 4) is 22.3 Å². The predicted octanol–water partition coefficient (Wildman–Crippen LogP) is 10.0. The lowest BCUT2D eigenvalue weighted by Gasteiger charge is -2.17. The summed E-state index contributed by atoms with van der Waals surface area (Å²) in [5.41, 5.74) is 5.03. The quantitative estimate of drug-likeness (QED) is 0.193. The van der Waals surface area contributed by atoms with E-state index in [-0.39, 0.29) is 0 Å². The molecule has 6 aromatic carbocycles. The van der Waals surface area contributed by atoms with Crippen molar-refractivity contribution in [1.29, 1.82) is 0 Å². The maximum Gasteiger partial charge on any atom is 0.0181 e. The molecule has 2 heteroatoms. The van der Waals surface area contributed by atoms with Crippen molar-refractivity contribution in [1.82, 2.24) is 0 Å². The maximum absolute atomic E-state index is 3.70. The highest BCUT2D eigenvalue weighted by Crippen LogP contribution is 2.43. The zero-order chi connectivity index (χ0) is 21.7. The van der Waals surface area contributed by atoms with E-state index in [0.29, 0.717) is 0 Å². The van der Waals surface area contributed by atoms with Crippen LogP contribution in [0.1, 0.15) is 0 Å². The fourth-order valence-corrected chi connectivity index (χ4v) is 5.49. The SMILES string of the molecule is Brc1ccc2c(-c3ccccc3-c3cccc4ccccc34)c3cc(Br)ccc3cc2c1. The van der Waals surface area contributed by atoms with E-state index >= 15 is 0 Å². The molecule has 152 valence electrons. The van der Waals surface area contributed by atoms with Gasteiger partial charge in [-0.1, -0.05) is 111 Å². The Kier molecular flexibility index (Phi) is 4.86. The van der Waals surface area contributed by atoms with Crippen LogP contribution in [0.4, 0.5) is 0 Å². The number of fused-ring (bicyclic) bond motifs is 3. The summed E-state index contributed by atoms with van der Waals surface area (Å²) in [6.45, 7) is 0. The summed E-state index contributed by atoms with van der Waals surface area (Å²) in [5, 5.41) is 7.51. The minimum absolute atomic E-state index is 1.09. The monoisotopic (exact) mass is 536 g/mol. The Bertz CT molecular complexity index is 1640. The predicted molar refractivity (Wildman–Crippen MR) is 145 cm³/mol. The van der Waals surface area contributed by atoms with Crippen LogP contribution in [0.15, 0.2) is 118 Å². The van der Waals surface area contributed by atoms with Crippen molar-refractivity contribution >= 4 is 64.2 Å². The van der Waals surface area contributed by atoms with E-state index in [2.05, 4.69) is 141 Å². The highest BCUT2D eigenvalue weighted by atomic mass is 79.9. The second-order valence-electron chi connectivity index (χ2n) is 8.05. The number of hydrogen-bond donors (Lipinski definition) is 0. The number of halogens is 2. The van der Waals surface area contributed by atoms with Gasteiger partial charge in [-0.2, -0.15) is 0 Å². The molecule has 6 aromatic rings. The molecule has 0 spiro atoms. The minimum Gasteiger partial charge on any atom is -0.0616 e. The van der Waals surface area contributed by atoms with Gasteiger partial charge >= 0.3 is 0 Å². The third kappa shape index (κ3) is 3.26. The normalized spacial score (nSPS) is 11.4. The zero-order valence-corrected chi connectivity index (χ0v) is 20.3. The Morgan fingerprint density at radius 1 is 0.375 bits per heavy atom. The molecule has 0 heterocycles. The van der Waals surface area contributed by atoms with E-state index in [1.165, 1.54) is 54.6 Å². The smallest absolute Gasteiger partial charge is 0.0181 e. The van der Waals surface area contributed by atoms with E-state index in [0.717, 1.165) is 8.95 Å². The summed E-state index contributed by atoms with van der Waals surface area (Å²) in [7, 11) is 0. The molecule has 0 nitrogen and oxygen atoms in total. The lowest BCUT2D eigenvalue weighted by molar-refractivity contribution is 1.62. The van der Waals surface area contributed by atoms with Crippen molar-refractivity contribution in [2.45, 2.75) is 0 Å². The van der Waals surface area contributed by atoms with E-state index < -0.39 is 0 Å². The van der Waals surface area contributed by atoms with Gasteiger partial charge in [0.25, 0.3) is 0 Å². The first-order valence-electron chi connectivity index (χ1n) is 10.6. The van der Waals surface area contributed by atoms with Crippen LogP contribution in [-0.4, -0.2) is 0 Å². The fourth-order valence-electron chi connectivity index (χ4n) is 4.75. The van der Waals surface area contributed by atoms with Crippen molar-refractivity contribution in [3.05, 3.63) is 118 Å². The van der Waals surface area contributed by atoms with E-state index in [1.807, 2.05) is 0 Å². The highest BCUT2D eigenvalue weighted by molar-refractivity contribution is 9.10. The van der Waals surface area contributed by atoms with Crippen molar-refractivity contribution < 1.29 is 0 Å². The Hall–Kier alpha value is -2.94. The minimum atomic E-state index is 1.09. The Labute approximate surface area is 203 Å². The molecule has 0 saturated heterocycles. The second kappa shape index (κ2) is 7.88. The first-order valence-corrected chi connectivity index (χ1v) is 12.2. The summed E-state index contributed by atoms with van der Waals surface area (Å²) in [4.78, 5) is 0. The van der Waals surface area contributed by atoms with Crippen molar-refractivity contribution in [2.24, 2.45) is 0 Å². The zero-order valence-electron chi connectivity index (χ0n) is 17.1. The van der Waals surface area contributed by atoms with Gasteiger partial charge in [0.1, 0.15) is 0 Å². The Balaban J connectivity index is 1.77. The molecule has 0 aliphatic carbocycles. The summed E-state index contributed by atoms with van der Waals surface area (Å²) < 4.78 is 2.18. The van der Waals surface area contributed by atoms with Crippen LogP contribution in [-0.2, 0) is 0 Å². The number of benzene rings is 6. The first-order chi connectivity index (χ1) is 15.7. The van der Waals surface area contributed by atoms with Gasteiger partial charge in [-0.05, 0) is 84.9 Å². The van der Waals surface area contributed by atoms with Crippen LogP contribution < -0.4 is 0 Å². The Morgan fingerprint density at radius 3 is 1.97 bits per heavy atom. The van der Waals surface area contributed by atoms with Crippen LogP contribution in [0.2, 0.25) is 0 Å². The van der Waals surface area contributed by atoms with E-state index in [9.17, 15) is 0 Å². The van der Waals surface area contributed by atoms with E-state index in [1.54, 1.807) is 0 Å². The van der Waals surface area contributed by atoms with Crippen LogP contribution in [0.3, 0.4) is 0 Å². The molecule has 0 amide bonds. The molecule has 0 radical (unpaired) electrons. The van der Waals surface area contributed by atoms with Gasteiger partial charge in [0, 0.05) is 8.95 Å². The largest absolute Gasteiger partial charge is 0.0616 e. The lowest BCUT2D eigenvalue weighted by Crippen LogP contribution is -1.90. The molecule has 0 aliphatic rings. The molecule has 32 heavy (non-hydrogen) atoms. The average Bonchev–Trinajstić information content (AvgIpc) is 2.82. The molecule has 0 bridgehead atoms. The number of hydrogen-bond acceptors (Lipinski definition) is 0. The fraction of sp³-hybridized carbons (Fsp3) is 0. The van der Waals surface area contributed by atoms with Crippen molar-refractivity contribution in [2.75, 3.05) is 0 Å². The maximum atomic E-state index is 3.70. The third-order valence-corrected chi connectivity index (χ3v) is 7.14. The molecule has 6 rings (SSSR count). The van der Waals surface area contributed by atoms with Gasteiger partial charge in [-0.25, -0.2) is 0 Å². The summed E-state index contributed by atoms with van der Waals surface area (Å²) >= 11 is 7.36. The van der Waals surface area contributed by atoms with Gasteiger partial charge in [-0.15, -0.1) is 0 Å². The van der Waals surface area contributed by atoms with Crippen LogP contribution in [0.5, 0.6) is 0 Å². The average molecular weight is 538 g/mol. The van der Waals surface area contributed by atoms with Gasteiger partial charge < -0.3 is 0 Å². The second-order valence-corrected chi connectivity index (χ2v) is 9.89. The standard InChI is InChI=1S/C30H18Br2/c31-22-14-15-25-21(17-22)16-20-12-13-23(32)18-29(20)30(25)28-10-4-3-9-27(28)26-11-5-7-19-6-1-2-8-24(19)26/h1-18H. The first kappa shape index (κ1) is 19.7. The molecule has 0 fully saturated rings. The molecular weight excluding hydrogens is 520 g/mol. The van der Waals surface area contributed by atoms with Crippen molar-refractivity contribution in [3.63, 3.8) is 0 Å². The Morgan fingerprint density at radius 2 is 1.06 bits per heavy atom. The van der Waals surface area contributed by atoms with E-state index in [4.69, 9.17) is 0 Å². The third-order valence-electron chi connectivity index (χ3n) is 6.15. The van der Waals surface area contributed by atoms with Crippen LogP contribution >= 0.6 is 31.9 Å². The van der Waals surface area contributed by atoms with Crippen LogP contribution in [0.25, 0.3) is 54.6 Å². The summed E-state index contributed by atoms with van der Waals surface area (Å²) in [6.07, 6.45) is 0. The molecule has 0 unspecified atom stereocenters. The molecule has 0 N–H and O–H groups in total. The highest BCUT2D eigenvalue weighted by Gasteiger charge is 2.16. The van der Waals surface area contributed by atoms with Gasteiger partial charge in [-0.3, -0.25) is 0 Å². The lowest BCUT2D eigenvalue weighted by atomic mass is 9.86. The van der Waals surface area contributed by atoms with Gasteiger partial charge in [0.15, 0.2) is 0 Å². The van der Waals surface area contributed by atoms with Gasteiger partial charge in [0.05, 0.1) is 0 Å². The molecule has 0 aliphatic heterocycles. The van der Waals surface area contributed by atoms with Crippen LogP contribution in [0, 0.1) is 0 Å². The molecule has 0 aromatic heterocycles. The van der Waals surface area contributed by atoms with Gasteiger partial charge in [0.2, 0.25) is 0 Å². The number of rotatable bonds is 2. The molecule has 0 saturated carbocycles. The summed E-state index contributed by atoms with van der Waals surface area (Å²) in [5.74, 6) is 0. The topological polar surface area (TPSA) is 0 Å². The molecular formula is C30H18Br2. The molecule has 0 atom stereocenters. The summed E-state index contributed by atoms with van der Waals surface area (Å²) in [6, 6.07) is 39.4.